The predicted molar refractivity (Wildman–Crippen MR) is 64.6 cm³/mol. The number of unbranched alkanes of at least 4 members (excludes halogenated alkanes) is 1. The molecule has 1 N–H and O–H groups in total. The van der Waals surface area contributed by atoms with E-state index in [1.165, 1.54) is 10.8 Å². The minimum Gasteiger partial charge on any atom is -0.358 e. The van der Waals surface area contributed by atoms with Crippen LogP contribution in [0, 0.1) is 0 Å². The van der Waals surface area contributed by atoms with Gasteiger partial charge in [0, 0.05) is 12.8 Å². The Bertz CT molecular complexity index is 452. The molecule has 90 valence electrons. The molecule has 0 radical (unpaired) electrons. The summed E-state index contributed by atoms with van der Waals surface area (Å²) >= 11 is 3.07. The van der Waals surface area contributed by atoms with Gasteiger partial charge in [-0.15, -0.1) is 0 Å². The van der Waals surface area contributed by atoms with Crippen LogP contribution in [0.5, 0.6) is 0 Å². The number of halogens is 1. The molecule has 5 nitrogen and oxygen atoms in total. The molecule has 0 fully saturated rings. The van der Waals surface area contributed by atoms with Crippen LogP contribution in [0.2, 0.25) is 0 Å². The lowest BCUT2D eigenvalue weighted by Crippen LogP contribution is -2.32. The van der Waals surface area contributed by atoms with Crippen molar-refractivity contribution in [2.24, 2.45) is 0 Å². The summed E-state index contributed by atoms with van der Waals surface area (Å²) in [5, 5.41) is 0. The van der Waals surface area contributed by atoms with Crippen LogP contribution in [-0.4, -0.2) is 16.2 Å². The number of rotatable bonds is 5. The monoisotopic (exact) mass is 290 g/mol. The quantitative estimate of drug-likeness (QED) is 0.839. The van der Waals surface area contributed by atoms with Crippen molar-refractivity contribution in [3.05, 3.63) is 31.5 Å². The fourth-order valence-electron chi connectivity index (χ4n) is 1.21. The molecule has 0 aliphatic heterocycles. The topological polar surface area (TPSA) is 64.1 Å². The molecule has 1 atom stereocenters. The van der Waals surface area contributed by atoms with Gasteiger partial charge in [-0.1, -0.05) is 13.3 Å². The highest BCUT2D eigenvalue weighted by Crippen LogP contribution is 2.07. The van der Waals surface area contributed by atoms with Gasteiger partial charge >= 0.3 is 5.69 Å². The average molecular weight is 291 g/mol. The minimum absolute atomic E-state index is 0.318. The lowest BCUT2D eigenvalue weighted by molar-refractivity contribution is 0.0113. The van der Waals surface area contributed by atoms with Crippen molar-refractivity contribution in [1.29, 1.82) is 0 Å². The molecule has 6 heteroatoms. The van der Waals surface area contributed by atoms with E-state index >= 15 is 0 Å². The van der Waals surface area contributed by atoms with E-state index in [1.807, 2.05) is 0 Å². The zero-order valence-electron chi connectivity index (χ0n) is 9.33. The first kappa shape index (κ1) is 13.2. The maximum atomic E-state index is 11.5. The molecule has 16 heavy (non-hydrogen) atoms. The summed E-state index contributed by atoms with van der Waals surface area (Å²) < 4.78 is 7.13. The lowest BCUT2D eigenvalue weighted by atomic mass is 10.4. The molecule has 1 rings (SSSR count). The third-order valence-corrected chi connectivity index (χ3v) is 2.74. The highest BCUT2D eigenvalue weighted by Gasteiger charge is 2.08. The van der Waals surface area contributed by atoms with Crippen molar-refractivity contribution in [3.8, 4) is 0 Å². The van der Waals surface area contributed by atoms with E-state index < -0.39 is 11.2 Å². The van der Waals surface area contributed by atoms with Gasteiger partial charge in [0.1, 0.15) is 6.23 Å². The van der Waals surface area contributed by atoms with Gasteiger partial charge in [0.05, 0.1) is 4.47 Å². The van der Waals surface area contributed by atoms with Gasteiger partial charge in [0.25, 0.3) is 5.56 Å². The molecule has 1 aromatic rings. The molecule has 0 aromatic carbocycles. The Balaban J connectivity index is 2.83. The Kier molecular flexibility index (Phi) is 4.95. The van der Waals surface area contributed by atoms with Crippen LogP contribution >= 0.6 is 15.9 Å². The van der Waals surface area contributed by atoms with E-state index in [-0.39, 0.29) is 6.23 Å². The first-order chi connectivity index (χ1) is 7.56. The van der Waals surface area contributed by atoms with Crippen LogP contribution in [0.1, 0.15) is 32.9 Å². The number of aromatic nitrogens is 2. The maximum absolute atomic E-state index is 11.5. The van der Waals surface area contributed by atoms with E-state index in [9.17, 15) is 9.59 Å². The third kappa shape index (κ3) is 3.31. The predicted octanol–water partition coefficient (Wildman–Crippen LogP) is 1.63. The van der Waals surface area contributed by atoms with Crippen molar-refractivity contribution in [2.45, 2.75) is 32.9 Å². The Hall–Kier alpha value is -0.880. The SMILES string of the molecule is CCCCOC(C)n1cc(Br)c(=O)[nH]c1=O. The highest BCUT2D eigenvalue weighted by molar-refractivity contribution is 9.10. The number of nitrogens with one attached hydrogen (secondary N) is 1. The Morgan fingerprint density at radius 3 is 2.88 bits per heavy atom. The Morgan fingerprint density at radius 2 is 2.25 bits per heavy atom. The summed E-state index contributed by atoms with van der Waals surface area (Å²) in [7, 11) is 0. The number of ether oxygens (including phenoxy) is 1. The van der Waals surface area contributed by atoms with Crippen molar-refractivity contribution in [3.63, 3.8) is 0 Å². The first-order valence-electron chi connectivity index (χ1n) is 5.18. The number of hydrogen-bond donors (Lipinski definition) is 1. The fraction of sp³-hybridized carbons (Fsp3) is 0.600. The van der Waals surface area contributed by atoms with Gasteiger partial charge in [-0.05, 0) is 29.3 Å². The summed E-state index contributed by atoms with van der Waals surface area (Å²) in [5.74, 6) is 0. The molecular formula is C10H15BrN2O3. The van der Waals surface area contributed by atoms with Gasteiger partial charge in [0.15, 0.2) is 0 Å². The fourth-order valence-corrected chi connectivity index (χ4v) is 1.53. The molecule has 0 saturated heterocycles. The molecule has 0 bridgehead atoms. The second-order valence-electron chi connectivity index (χ2n) is 3.47. The number of nitrogens with zero attached hydrogens (tertiary/aromatic N) is 1. The van der Waals surface area contributed by atoms with Crippen LogP contribution in [0.25, 0.3) is 0 Å². The molecule has 1 unspecified atom stereocenters. The molecule has 0 amide bonds. The zero-order valence-corrected chi connectivity index (χ0v) is 10.9. The van der Waals surface area contributed by atoms with Crippen LogP contribution in [-0.2, 0) is 4.74 Å². The van der Waals surface area contributed by atoms with E-state index in [4.69, 9.17) is 4.74 Å². The van der Waals surface area contributed by atoms with E-state index in [0.29, 0.717) is 11.1 Å². The Labute approximate surface area is 102 Å². The van der Waals surface area contributed by atoms with Gasteiger partial charge in [-0.3, -0.25) is 14.3 Å². The third-order valence-electron chi connectivity index (χ3n) is 2.17. The van der Waals surface area contributed by atoms with Crippen molar-refractivity contribution >= 4 is 15.9 Å². The van der Waals surface area contributed by atoms with Crippen LogP contribution in [0.4, 0.5) is 0 Å². The van der Waals surface area contributed by atoms with Crippen LogP contribution in [0.3, 0.4) is 0 Å². The van der Waals surface area contributed by atoms with E-state index in [2.05, 4.69) is 27.8 Å². The molecule has 0 aliphatic carbocycles. The smallest absolute Gasteiger partial charge is 0.330 e. The summed E-state index contributed by atoms with van der Waals surface area (Å²) in [6.45, 7) is 4.43. The summed E-state index contributed by atoms with van der Waals surface area (Å²) in [6, 6.07) is 0. The zero-order chi connectivity index (χ0) is 12.1. The largest absolute Gasteiger partial charge is 0.358 e. The first-order valence-corrected chi connectivity index (χ1v) is 5.98. The maximum Gasteiger partial charge on any atom is 0.330 e. The molecule has 0 saturated carbocycles. The van der Waals surface area contributed by atoms with Gasteiger partial charge in [-0.25, -0.2) is 4.79 Å². The standard InChI is InChI=1S/C10H15BrN2O3/c1-3-4-5-16-7(2)13-6-8(11)9(14)12-10(13)15/h6-7H,3-5H2,1-2H3,(H,12,14,15). The van der Waals surface area contributed by atoms with Crippen molar-refractivity contribution in [2.75, 3.05) is 6.61 Å². The summed E-state index contributed by atoms with van der Waals surface area (Å²) in [6.07, 6.45) is 3.05. The molecular weight excluding hydrogens is 276 g/mol. The van der Waals surface area contributed by atoms with Crippen molar-refractivity contribution in [1.82, 2.24) is 9.55 Å². The minimum atomic E-state index is -0.461. The number of hydrogen-bond acceptors (Lipinski definition) is 3. The van der Waals surface area contributed by atoms with Crippen molar-refractivity contribution < 1.29 is 4.74 Å². The molecule has 1 aromatic heterocycles. The van der Waals surface area contributed by atoms with Crippen LogP contribution < -0.4 is 11.2 Å². The highest BCUT2D eigenvalue weighted by atomic mass is 79.9. The van der Waals surface area contributed by atoms with E-state index in [1.54, 1.807) is 6.92 Å². The summed E-state index contributed by atoms with van der Waals surface area (Å²) in [5.41, 5.74) is -0.890. The van der Waals surface area contributed by atoms with Gasteiger partial charge in [-0.2, -0.15) is 0 Å². The molecule has 0 spiro atoms. The molecule has 1 heterocycles. The van der Waals surface area contributed by atoms with Gasteiger partial charge < -0.3 is 4.74 Å². The second-order valence-corrected chi connectivity index (χ2v) is 4.32. The average Bonchev–Trinajstić information content (AvgIpc) is 2.23. The molecule has 0 aliphatic rings. The van der Waals surface area contributed by atoms with Gasteiger partial charge in [0.2, 0.25) is 0 Å². The van der Waals surface area contributed by atoms with E-state index in [0.717, 1.165) is 12.8 Å². The lowest BCUT2D eigenvalue weighted by Gasteiger charge is -2.15. The number of H-pyrrole nitrogens is 1. The number of aromatic amines is 1. The second kappa shape index (κ2) is 6.00. The Morgan fingerprint density at radius 1 is 1.56 bits per heavy atom. The van der Waals surface area contributed by atoms with Crippen LogP contribution in [0.15, 0.2) is 20.3 Å². The summed E-state index contributed by atoms with van der Waals surface area (Å²) in [4.78, 5) is 24.8. The normalized spacial score (nSPS) is 12.7.